The first-order chi connectivity index (χ1) is 7.16. The summed E-state index contributed by atoms with van der Waals surface area (Å²) in [4.78, 5) is 3.34. The molecule has 1 heteroatoms. The van der Waals surface area contributed by atoms with E-state index in [1.807, 2.05) is 0 Å². The largest absolute Gasteiger partial charge is 0.361 e. The minimum absolute atomic E-state index is 0.778. The van der Waals surface area contributed by atoms with Crippen molar-refractivity contribution < 1.29 is 0 Å². The molecule has 0 radical (unpaired) electrons. The summed E-state index contributed by atoms with van der Waals surface area (Å²) < 4.78 is 0. The number of hydrogen-bond acceptors (Lipinski definition) is 0. The first-order valence-electron chi connectivity index (χ1n) is 5.73. The fourth-order valence-electron chi connectivity index (χ4n) is 1.94. The van der Waals surface area contributed by atoms with Gasteiger partial charge in [-0.15, -0.1) is 0 Å². The molecule has 0 bridgehead atoms. The van der Waals surface area contributed by atoms with Crippen LogP contribution in [0.2, 0.25) is 0 Å². The second kappa shape index (κ2) is 4.09. The van der Waals surface area contributed by atoms with Crippen LogP contribution in [0.25, 0.3) is 10.9 Å². The molecule has 80 valence electrons. The fraction of sp³-hybridized carbons (Fsp3) is 0.429. The Hall–Kier alpha value is -1.24. The summed E-state index contributed by atoms with van der Waals surface area (Å²) in [6.07, 6.45) is 4.61. The third-order valence-electron chi connectivity index (χ3n) is 2.91. The highest BCUT2D eigenvalue weighted by Crippen LogP contribution is 2.21. The lowest BCUT2D eigenvalue weighted by Crippen LogP contribution is -1.90. The minimum Gasteiger partial charge on any atom is -0.361 e. The standard InChI is InChI=1S/C14H19N/c1-10(2)4-6-12-9-15-14-7-5-11(3)8-13(12)14/h5,7-10,15H,4,6H2,1-3H3. The molecule has 0 amide bonds. The van der Waals surface area contributed by atoms with Crippen molar-refractivity contribution in [2.75, 3.05) is 0 Å². The van der Waals surface area contributed by atoms with Crippen LogP contribution >= 0.6 is 0 Å². The number of aromatic nitrogens is 1. The van der Waals surface area contributed by atoms with E-state index >= 15 is 0 Å². The number of nitrogens with one attached hydrogen (secondary N) is 1. The van der Waals surface area contributed by atoms with Crippen LogP contribution in [0.3, 0.4) is 0 Å². The summed E-state index contributed by atoms with van der Waals surface area (Å²) in [6, 6.07) is 6.61. The second-order valence-corrected chi connectivity index (χ2v) is 4.80. The van der Waals surface area contributed by atoms with E-state index < -0.39 is 0 Å². The predicted molar refractivity (Wildman–Crippen MR) is 66.2 cm³/mol. The lowest BCUT2D eigenvalue weighted by molar-refractivity contribution is 0.588. The Balaban J connectivity index is 2.31. The molecule has 1 heterocycles. The van der Waals surface area contributed by atoms with E-state index in [-0.39, 0.29) is 0 Å². The van der Waals surface area contributed by atoms with E-state index in [1.54, 1.807) is 0 Å². The van der Waals surface area contributed by atoms with Gasteiger partial charge in [0.05, 0.1) is 0 Å². The molecule has 0 aliphatic rings. The Bertz CT molecular complexity index is 451. The van der Waals surface area contributed by atoms with E-state index in [4.69, 9.17) is 0 Å². The Kier molecular flexibility index (Phi) is 2.81. The average Bonchev–Trinajstić information content (AvgIpc) is 2.57. The van der Waals surface area contributed by atoms with Gasteiger partial charge in [-0.3, -0.25) is 0 Å². The summed E-state index contributed by atoms with van der Waals surface area (Å²) in [6.45, 7) is 6.71. The van der Waals surface area contributed by atoms with Crippen molar-refractivity contribution in [1.82, 2.24) is 4.98 Å². The molecular formula is C14H19N. The molecule has 0 saturated heterocycles. The van der Waals surface area contributed by atoms with Gasteiger partial charge >= 0.3 is 0 Å². The molecule has 1 nitrogen and oxygen atoms in total. The number of benzene rings is 1. The van der Waals surface area contributed by atoms with Gasteiger partial charge in [0.15, 0.2) is 0 Å². The van der Waals surface area contributed by atoms with Crippen molar-refractivity contribution in [3.63, 3.8) is 0 Å². The van der Waals surface area contributed by atoms with E-state index in [1.165, 1.54) is 34.9 Å². The maximum absolute atomic E-state index is 3.34. The van der Waals surface area contributed by atoms with Crippen LogP contribution in [0.5, 0.6) is 0 Å². The zero-order valence-corrected chi connectivity index (χ0v) is 9.80. The molecule has 2 aromatic rings. The molecule has 1 N–H and O–H groups in total. The van der Waals surface area contributed by atoms with Gasteiger partial charge in [-0.2, -0.15) is 0 Å². The van der Waals surface area contributed by atoms with Crippen LogP contribution in [0, 0.1) is 12.8 Å². The summed E-state index contributed by atoms with van der Waals surface area (Å²) >= 11 is 0. The first kappa shape index (κ1) is 10.3. The van der Waals surface area contributed by atoms with Gasteiger partial charge in [0.25, 0.3) is 0 Å². The van der Waals surface area contributed by atoms with Crippen LogP contribution < -0.4 is 0 Å². The molecule has 0 fully saturated rings. The van der Waals surface area contributed by atoms with Gasteiger partial charge in [0.1, 0.15) is 0 Å². The van der Waals surface area contributed by atoms with Gasteiger partial charge in [-0.05, 0) is 43.4 Å². The molecule has 0 aliphatic carbocycles. The molecular weight excluding hydrogens is 182 g/mol. The zero-order chi connectivity index (χ0) is 10.8. The summed E-state index contributed by atoms with van der Waals surface area (Å²) in [5, 5.41) is 1.40. The summed E-state index contributed by atoms with van der Waals surface area (Å²) in [5.74, 6) is 0.778. The van der Waals surface area contributed by atoms with Crippen molar-refractivity contribution in [3.05, 3.63) is 35.5 Å². The van der Waals surface area contributed by atoms with Gasteiger partial charge < -0.3 is 4.98 Å². The summed E-state index contributed by atoms with van der Waals surface area (Å²) in [7, 11) is 0. The molecule has 0 unspecified atom stereocenters. The zero-order valence-electron chi connectivity index (χ0n) is 9.80. The second-order valence-electron chi connectivity index (χ2n) is 4.80. The van der Waals surface area contributed by atoms with Gasteiger partial charge in [0.2, 0.25) is 0 Å². The first-order valence-corrected chi connectivity index (χ1v) is 5.73. The lowest BCUT2D eigenvalue weighted by atomic mass is 10.0. The highest BCUT2D eigenvalue weighted by molar-refractivity contribution is 5.83. The van der Waals surface area contributed by atoms with Crippen LogP contribution in [0.15, 0.2) is 24.4 Å². The van der Waals surface area contributed by atoms with Crippen molar-refractivity contribution in [2.24, 2.45) is 5.92 Å². The number of hydrogen-bond donors (Lipinski definition) is 1. The fourth-order valence-corrected chi connectivity index (χ4v) is 1.94. The van der Waals surface area contributed by atoms with E-state index in [0.29, 0.717) is 0 Å². The highest BCUT2D eigenvalue weighted by Gasteiger charge is 2.04. The third kappa shape index (κ3) is 2.23. The average molecular weight is 201 g/mol. The Morgan fingerprint density at radius 2 is 2.07 bits per heavy atom. The minimum atomic E-state index is 0.778. The Morgan fingerprint density at radius 1 is 1.27 bits per heavy atom. The summed E-state index contributed by atoms with van der Waals surface area (Å²) in [5.41, 5.74) is 4.06. The molecule has 0 saturated carbocycles. The van der Waals surface area contributed by atoms with E-state index in [9.17, 15) is 0 Å². The Labute approximate surface area is 91.5 Å². The molecule has 15 heavy (non-hydrogen) atoms. The smallest absolute Gasteiger partial charge is 0.0456 e. The van der Waals surface area contributed by atoms with Crippen LogP contribution in [0.4, 0.5) is 0 Å². The number of fused-ring (bicyclic) bond motifs is 1. The van der Waals surface area contributed by atoms with Crippen molar-refractivity contribution >= 4 is 10.9 Å². The van der Waals surface area contributed by atoms with Crippen molar-refractivity contribution in [2.45, 2.75) is 33.6 Å². The molecule has 1 aromatic carbocycles. The molecule has 0 atom stereocenters. The van der Waals surface area contributed by atoms with Crippen LogP contribution in [0.1, 0.15) is 31.4 Å². The number of aromatic amines is 1. The van der Waals surface area contributed by atoms with Crippen LogP contribution in [-0.2, 0) is 6.42 Å². The molecule has 1 aromatic heterocycles. The number of rotatable bonds is 3. The molecule has 2 rings (SSSR count). The Morgan fingerprint density at radius 3 is 2.80 bits per heavy atom. The van der Waals surface area contributed by atoms with Gasteiger partial charge in [-0.25, -0.2) is 0 Å². The monoisotopic (exact) mass is 201 g/mol. The third-order valence-corrected chi connectivity index (χ3v) is 2.91. The SMILES string of the molecule is Cc1ccc2[nH]cc(CCC(C)C)c2c1. The van der Waals surface area contributed by atoms with Gasteiger partial charge in [-0.1, -0.05) is 25.5 Å². The highest BCUT2D eigenvalue weighted by atomic mass is 14.7. The lowest BCUT2D eigenvalue weighted by Gasteiger charge is -2.03. The maximum Gasteiger partial charge on any atom is 0.0456 e. The molecule has 0 aliphatic heterocycles. The van der Waals surface area contributed by atoms with E-state index in [2.05, 4.69) is 50.2 Å². The topological polar surface area (TPSA) is 15.8 Å². The maximum atomic E-state index is 3.34. The van der Waals surface area contributed by atoms with E-state index in [0.717, 1.165) is 5.92 Å². The predicted octanol–water partition coefficient (Wildman–Crippen LogP) is 4.06. The van der Waals surface area contributed by atoms with Crippen LogP contribution in [-0.4, -0.2) is 4.98 Å². The molecule has 0 spiro atoms. The number of H-pyrrole nitrogens is 1. The quantitative estimate of drug-likeness (QED) is 0.770. The number of aryl methyl sites for hydroxylation is 2. The normalized spacial score (nSPS) is 11.5. The van der Waals surface area contributed by atoms with Gasteiger partial charge in [0, 0.05) is 17.1 Å². The van der Waals surface area contributed by atoms with Crippen molar-refractivity contribution in [1.29, 1.82) is 0 Å². The van der Waals surface area contributed by atoms with Crippen molar-refractivity contribution in [3.8, 4) is 0 Å².